The minimum absolute atomic E-state index is 0. The van der Waals surface area contributed by atoms with Crippen LogP contribution in [-0.4, -0.2) is 54.5 Å². The Morgan fingerprint density at radius 2 is 1.93 bits per heavy atom. The number of aromatic nitrogens is 3. The molecular formula is C15H23Cl3FN5O2S. The highest BCUT2D eigenvalue weighted by molar-refractivity contribution is 7.86. The Bertz CT molecular complexity index is 813. The number of nitrogens with one attached hydrogen (secondary N) is 1. The van der Waals surface area contributed by atoms with Gasteiger partial charge >= 0.3 is 10.2 Å². The molecule has 1 atom stereocenters. The fraction of sp³-hybridized carbons (Fsp3) is 0.467. The lowest BCUT2D eigenvalue weighted by atomic mass is 10.2. The summed E-state index contributed by atoms with van der Waals surface area (Å²) in [5.74, 6) is 0. The van der Waals surface area contributed by atoms with Crippen LogP contribution in [0, 0.1) is 0 Å². The van der Waals surface area contributed by atoms with E-state index in [4.69, 9.17) is 0 Å². The van der Waals surface area contributed by atoms with Gasteiger partial charge in [0.25, 0.3) is 0 Å². The number of hydrogen-bond acceptors (Lipinski definition) is 6. The number of benzene rings is 1. The monoisotopic (exact) mass is 461 g/mol. The maximum absolute atomic E-state index is 13.1. The first kappa shape index (κ1) is 26.0. The van der Waals surface area contributed by atoms with E-state index in [1.807, 2.05) is 0 Å². The highest BCUT2D eigenvalue weighted by atomic mass is 35.5. The van der Waals surface area contributed by atoms with Crippen molar-refractivity contribution >= 4 is 47.4 Å². The normalized spacial score (nSPS) is 16.2. The maximum atomic E-state index is 13.1. The zero-order valence-corrected chi connectivity index (χ0v) is 17.9. The summed E-state index contributed by atoms with van der Waals surface area (Å²) in [4.78, 5) is 1.94. The van der Waals surface area contributed by atoms with E-state index in [2.05, 4.69) is 27.5 Å². The van der Waals surface area contributed by atoms with Crippen molar-refractivity contribution in [1.82, 2.24) is 25.2 Å². The number of nitrogens with zero attached hydrogens (tertiary/aromatic N) is 4. The molecule has 0 aliphatic carbocycles. The Labute approximate surface area is 177 Å². The van der Waals surface area contributed by atoms with E-state index < -0.39 is 10.2 Å². The predicted molar refractivity (Wildman–Crippen MR) is 109 cm³/mol. The summed E-state index contributed by atoms with van der Waals surface area (Å²) in [6.07, 6.45) is 2.84. The Morgan fingerprint density at radius 1 is 1.19 bits per heavy atom. The van der Waals surface area contributed by atoms with Crippen LogP contribution in [0.15, 0.2) is 35.4 Å². The average molecular weight is 463 g/mol. The molecule has 1 aliphatic heterocycles. The van der Waals surface area contributed by atoms with Gasteiger partial charge in [-0.05, 0) is 38.1 Å². The molecule has 12 heteroatoms. The molecule has 1 aliphatic rings. The molecule has 0 spiro atoms. The number of rotatable bonds is 4. The SMILES string of the molecule is CC(c1cn(-c2cccc(S(=O)(=O)F)c2)nn1)N1CCCNCC1.Cl.Cl.Cl. The summed E-state index contributed by atoms with van der Waals surface area (Å²) in [6.45, 7) is 5.94. The van der Waals surface area contributed by atoms with Gasteiger partial charge in [0.2, 0.25) is 0 Å². The molecule has 1 fully saturated rings. The molecular weight excluding hydrogens is 440 g/mol. The van der Waals surface area contributed by atoms with Crippen molar-refractivity contribution in [2.45, 2.75) is 24.3 Å². The van der Waals surface area contributed by atoms with Crippen LogP contribution in [0.2, 0.25) is 0 Å². The Morgan fingerprint density at radius 3 is 2.63 bits per heavy atom. The molecule has 0 amide bonds. The van der Waals surface area contributed by atoms with Gasteiger partial charge in [0, 0.05) is 19.6 Å². The van der Waals surface area contributed by atoms with Gasteiger partial charge < -0.3 is 5.32 Å². The van der Waals surface area contributed by atoms with Crippen molar-refractivity contribution in [3.8, 4) is 5.69 Å². The van der Waals surface area contributed by atoms with Gasteiger partial charge in [-0.25, -0.2) is 4.68 Å². The van der Waals surface area contributed by atoms with Crippen LogP contribution in [0.25, 0.3) is 5.69 Å². The van der Waals surface area contributed by atoms with Gasteiger partial charge in [0.05, 0.1) is 23.6 Å². The summed E-state index contributed by atoms with van der Waals surface area (Å²) < 4.78 is 36.7. The molecule has 1 aromatic carbocycles. The third kappa shape index (κ3) is 6.55. The smallest absolute Gasteiger partial charge is 0.315 e. The molecule has 1 aromatic heterocycles. The van der Waals surface area contributed by atoms with Gasteiger partial charge in [0.1, 0.15) is 4.90 Å². The lowest BCUT2D eigenvalue weighted by Gasteiger charge is -2.25. The lowest BCUT2D eigenvalue weighted by Crippen LogP contribution is -2.31. The van der Waals surface area contributed by atoms with E-state index >= 15 is 0 Å². The quantitative estimate of drug-likeness (QED) is 0.703. The number of hydrogen-bond donors (Lipinski definition) is 1. The van der Waals surface area contributed by atoms with E-state index in [1.54, 1.807) is 12.3 Å². The summed E-state index contributed by atoms with van der Waals surface area (Å²) in [5, 5.41) is 11.6. The zero-order chi connectivity index (χ0) is 17.2. The van der Waals surface area contributed by atoms with E-state index in [1.165, 1.54) is 22.9 Å². The van der Waals surface area contributed by atoms with Crippen LogP contribution < -0.4 is 5.32 Å². The van der Waals surface area contributed by atoms with Crippen molar-refractivity contribution in [3.63, 3.8) is 0 Å². The molecule has 2 heterocycles. The molecule has 3 rings (SSSR count). The highest BCUT2D eigenvalue weighted by Gasteiger charge is 2.20. The molecule has 1 N–H and O–H groups in total. The van der Waals surface area contributed by atoms with Gasteiger partial charge in [-0.3, -0.25) is 4.90 Å². The van der Waals surface area contributed by atoms with Crippen LogP contribution in [0.5, 0.6) is 0 Å². The number of halogens is 4. The zero-order valence-electron chi connectivity index (χ0n) is 14.6. The van der Waals surface area contributed by atoms with E-state index in [0.29, 0.717) is 5.69 Å². The molecule has 2 aromatic rings. The second kappa shape index (κ2) is 11.1. The Kier molecular flexibility index (Phi) is 10.7. The second-order valence-corrected chi connectivity index (χ2v) is 7.19. The van der Waals surface area contributed by atoms with Gasteiger partial charge in [-0.1, -0.05) is 11.3 Å². The third-order valence-corrected chi connectivity index (χ3v) is 5.04. The summed E-state index contributed by atoms with van der Waals surface area (Å²) >= 11 is 0. The molecule has 154 valence electrons. The Balaban J connectivity index is 0.00000225. The average Bonchev–Trinajstić information content (AvgIpc) is 2.89. The van der Waals surface area contributed by atoms with Gasteiger partial charge in [-0.2, -0.15) is 8.42 Å². The third-order valence-electron chi connectivity index (χ3n) is 4.23. The molecule has 0 bridgehead atoms. The van der Waals surface area contributed by atoms with Crippen LogP contribution in [0.1, 0.15) is 25.1 Å². The summed E-state index contributed by atoms with van der Waals surface area (Å²) in [7, 11) is -4.74. The Hall–Kier alpha value is -0.970. The standard InChI is InChI=1S/C15H20FN5O2S.3ClH/c1-12(20-8-3-6-17-7-9-20)15-11-21(19-18-15)13-4-2-5-14(10-13)24(16,22)23;;;/h2,4-5,10-12,17H,3,6-9H2,1H3;3*1H. The highest BCUT2D eigenvalue weighted by Crippen LogP contribution is 2.21. The van der Waals surface area contributed by atoms with E-state index in [9.17, 15) is 12.3 Å². The lowest BCUT2D eigenvalue weighted by molar-refractivity contribution is 0.221. The first-order valence-corrected chi connectivity index (χ1v) is 9.25. The minimum Gasteiger partial charge on any atom is -0.315 e. The fourth-order valence-electron chi connectivity index (χ4n) is 2.81. The van der Waals surface area contributed by atoms with Crippen LogP contribution >= 0.6 is 37.2 Å². The van der Waals surface area contributed by atoms with Gasteiger partial charge in [0.15, 0.2) is 0 Å². The van der Waals surface area contributed by atoms with Crippen molar-refractivity contribution in [1.29, 1.82) is 0 Å². The molecule has 0 radical (unpaired) electrons. The summed E-state index contributed by atoms with van der Waals surface area (Å²) in [5.41, 5.74) is 1.25. The van der Waals surface area contributed by atoms with Crippen LogP contribution in [0.4, 0.5) is 3.89 Å². The topological polar surface area (TPSA) is 80.1 Å². The molecule has 1 saturated heterocycles. The first-order valence-electron chi connectivity index (χ1n) is 7.87. The maximum Gasteiger partial charge on any atom is 0.332 e. The van der Waals surface area contributed by atoms with E-state index in [-0.39, 0.29) is 48.2 Å². The van der Waals surface area contributed by atoms with Crippen molar-refractivity contribution in [2.75, 3.05) is 26.2 Å². The van der Waals surface area contributed by atoms with E-state index in [0.717, 1.165) is 38.3 Å². The van der Waals surface area contributed by atoms with Crippen molar-refractivity contribution < 1.29 is 12.3 Å². The molecule has 0 saturated carbocycles. The minimum atomic E-state index is -4.74. The molecule has 7 nitrogen and oxygen atoms in total. The molecule has 1 unspecified atom stereocenters. The predicted octanol–water partition coefficient (Wildman–Crippen LogP) is 2.55. The summed E-state index contributed by atoms with van der Waals surface area (Å²) in [6, 6.07) is 5.70. The van der Waals surface area contributed by atoms with Crippen molar-refractivity contribution in [2.24, 2.45) is 0 Å². The van der Waals surface area contributed by atoms with Crippen molar-refractivity contribution in [3.05, 3.63) is 36.2 Å². The fourth-order valence-corrected chi connectivity index (χ4v) is 3.32. The largest absolute Gasteiger partial charge is 0.332 e. The van der Waals surface area contributed by atoms with Crippen LogP contribution in [-0.2, 0) is 10.2 Å². The molecule has 27 heavy (non-hydrogen) atoms. The first-order chi connectivity index (χ1) is 11.4. The van der Waals surface area contributed by atoms with Gasteiger partial charge in [-0.15, -0.1) is 46.2 Å². The van der Waals surface area contributed by atoms with Crippen LogP contribution in [0.3, 0.4) is 0 Å². The second-order valence-electron chi connectivity index (χ2n) is 5.84.